The summed E-state index contributed by atoms with van der Waals surface area (Å²) >= 11 is 1.60. The van der Waals surface area contributed by atoms with Crippen molar-refractivity contribution in [2.45, 2.75) is 0 Å². The highest BCUT2D eigenvalue weighted by molar-refractivity contribution is 7.13. The van der Waals surface area contributed by atoms with Gasteiger partial charge in [-0.1, -0.05) is 6.07 Å². The number of hydrogen-bond donors (Lipinski definition) is 0. The third-order valence-electron chi connectivity index (χ3n) is 2.77. The number of methoxy groups -OCH3 is 1. The molecule has 0 unspecified atom stereocenters. The van der Waals surface area contributed by atoms with Crippen LogP contribution in [-0.4, -0.2) is 17.1 Å². The number of aromatic nitrogens is 2. The first-order valence-electron chi connectivity index (χ1n) is 5.88. The Bertz CT molecular complexity index is 662. The van der Waals surface area contributed by atoms with Gasteiger partial charge in [0.05, 0.1) is 18.5 Å². The third-order valence-corrected chi connectivity index (χ3v) is 3.64. The van der Waals surface area contributed by atoms with Gasteiger partial charge in [-0.25, -0.2) is 4.98 Å². The second-order valence-electron chi connectivity index (χ2n) is 3.98. The molecule has 3 rings (SSSR count). The molecule has 3 aromatic rings. The van der Waals surface area contributed by atoms with Crippen LogP contribution in [-0.2, 0) is 0 Å². The first-order chi connectivity index (χ1) is 9.36. The average molecular weight is 268 g/mol. The van der Waals surface area contributed by atoms with Crippen molar-refractivity contribution in [1.29, 1.82) is 0 Å². The van der Waals surface area contributed by atoms with Crippen molar-refractivity contribution >= 4 is 11.3 Å². The highest BCUT2D eigenvalue weighted by Gasteiger charge is 2.07. The van der Waals surface area contributed by atoms with E-state index in [-0.39, 0.29) is 0 Å². The molecule has 0 N–H and O–H groups in total. The molecule has 0 aliphatic heterocycles. The molecule has 0 fully saturated rings. The Labute approximate surface area is 115 Å². The molecule has 19 heavy (non-hydrogen) atoms. The van der Waals surface area contributed by atoms with Gasteiger partial charge in [-0.05, 0) is 36.4 Å². The van der Waals surface area contributed by atoms with Crippen LogP contribution in [0, 0.1) is 0 Å². The second kappa shape index (κ2) is 5.20. The summed E-state index contributed by atoms with van der Waals surface area (Å²) in [5.41, 5.74) is 2.96. The topological polar surface area (TPSA) is 35.0 Å². The second-order valence-corrected chi connectivity index (χ2v) is 4.84. The van der Waals surface area contributed by atoms with E-state index >= 15 is 0 Å². The fraction of sp³-hybridized carbons (Fsp3) is 0.0667. The molecular weight excluding hydrogens is 256 g/mol. The summed E-state index contributed by atoms with van der Waals surface area (Å²) < 4.78 is 5.15. The van der Waals surface area contributed by atoms with E-state index < -0.39 is 0 Å². The Morgan fingerprint density at radius 3 is 2.53 bits per heavy atom. The predicted molar refractivity (Wildman–Crippen MR) is 77.3 cm³/mol. The summed E-state index contributed by atoms with van der Waals surface area (Å²) in [6.07, 6.45) is 1.78. The standard InChI is InChI=1S/C15H12N2OS/c1-18-12-7-5-11(6-8-12)14-10-19-15(17-14)13-4-2-3-9-16-13/h2-10H,1H3. The van der Waals surface area contributed by atoms with Crippen molar-refractivity contribution in [3.63, 3.8) is 0 Å². The first kappa shape index (κ1) is 11.9. The summed E-state index contributed by atoms with van der Waals surface area (Å²) in [6, 6.07) is 13.7. The lowest BCUT2D eigenvalue weighted by atomic mass is 10.2. The van der Waals surface area contributed by atoms with Crippen LogP contribution in [0.3, 0.4) is 0 Å². The average Bonchev–Trinajstić information content (AvgIpc) is 2.98. The molecule has 0 bridgehead atoms. The number of rotatable bonds is 3. The highest BCUT2D eigenvalue weighted by atomic mass is 32.1. The van der Waals surface area contributed by atoms with Crippen molar-refractivity contribution in [3.05, 3.63) is 54.0 Å². The quantitative estimate of drug-likeness (QED) is 0.723. The Morgan fingerprint density at radius 2 is 1.84 bits per heavy atom. The van der Waals surface area contributed by atoms with Crippen LogP contribution >= 0.6 is 11.3 Å². The predicted octanol–water partition coefficient (Wildman–Crippen LogP) is 3.88. The first-order valence-corrected chi connectivity index (χ1v) is 6.76. The fourth-order valence-electron chi connectivity index (χ4n) is 1.78. The molecule has 1 aromatic carbocycles. The summed E-state index contributed by atoms with van der Waals surface area (Å²) in [4.78, 5) is 8.93. The van der Waals surface area contributed by atoms with Crippen molar-refractivity contribution in [2.75, 3.05) is 7.11 Å². The molecule has 0 amide bonds. The lowest BCUT2D eigenvalue weighted by Gasteiger charge is -2.00. The molecule has 0 aliphatic carbocycles. The minimum atomic E-state index is 0.851. The molecule has 0 aliphatic rings. The zero-order chi connectivity index (χ0) is 13.1. The summed E-state index contributed by atoms with van der Waals surface area (Å²) in [7, 11) is 1.66. The summed E-state index contributed by atoms with van der Waals surface area (Å²) in [5.74, 6) is 0.851. The molecular formula is C15H12N2OS. The largest absolute Gasteiger partial charge is 0.497 e. The van der Waals surface area contributed by atoms with Crippen molar-refractivity contribution in [2.24, 2.45) is 0 Å². The van der Waals surface area contributed by atoms with E-state index in [1.54, 1.807) is 24.6 Å². The van der Waals surface area contributed by atoms with Gasteiger partial charge in [-0.15, -0.1) is 11.3 Å². The lowest BCUT2D eigenvalue weighted by molar-refractivity contribution is 0.415. The number of thiazole rings is 1. The van der Waals surface area contributed by atoms with Gasteiger partial charge in [0.25, 0.3) is 0 Å². The Hall–Kier alpha value is -2.20. The number of nitrogens with zero attached hydrogens (tertiary/aromatic N) is 2. The van der Waals surface area contributed by atoms with Gasteiger partial charge in [0.1, 0.15) is 10.8 Å². The number of benzene rings is 1. The summed E-state index contributed by atoms with van der Waals surface area (Å²) in [6.45, 7) is 0. The van der Waals surface area contributed by atoms with E-state index in [1.165, 1.54) is 0 Å². The van der Waals surface area contributed by atoms with Crippen molar-refractivity contribution in [3.8, 4) is 27.7 Å². The van der Waals surface area contributed by atoms with Gasteiger partial charge in [0, 0.05) is 17.1 Å². The normalized spacial score (nSPS) is 10.4. The molecule has 0 atom stereocenters. The van der Waals surface area contributed by atoms with Gasteiger partial charge >= 0.3 is 0 Å². The third kappa shape index (κ3) is 2.48. The number of ether oxygens (including phenoxy) is 1. The maximum Gasteiger partial charge on any atom is 0.142 e. The van der Waals surface area contributed by atoms with Crippen LogP contribution in [0.4, 0.5) is 0 Å². The van der Waals surface area contributed by atoms with E-state index in [9.17, 15) is 0 Å². The van der Waals surface area contributed by atoms with E-state index in [0.29, 0.717) is 0 Å². The minimum Gasteiger partial charge on any atom is -0.497 e. The van der Waals surface area contributed by atoms with Crippen LogP contribution in [0.15, 0.2) is 54.0 Å². The lowest BCUT2D eigenvalue weighted by Crippen LogP contribution is -1.84. The van der Waals surface area contributed by atoms with Gasteiger partial charge < -0.3 is 4.74 Å². The zero-order valence-corrected chi connectivity index (χ0v) is 11.2. The molecule has 94 valence electrons. The smallest absolute Gasteiger partial charge is 0.142 e. The summed E-state index contributed by atoms with van der Waals surface area (Å²) in [5, 5.41) is 2.98. The Balaban J connectivity index is 1.92. The van der Waals surface area contributed by atoms with Gasteiger partial charge in [-0.3, -0.25) is 4.98 Å². The van der Waals surface area contributed by atoms with E-state index in [2.05, 4.69) is 9.97 Å². The molecule has 2 aromatic heterocycles. The molecule has 2 heterocycles. The number of pyridine rings is 1. The Morgan fingerprint density at radius 1 is 1.00 bits per heavy atom. The van der Waals surface area contributed by atoms with Gasteiger partial charge in [-0.2, -0.15) is 0 Å². The van der Waals surface area contributed by atoms with E-state index in [4.69, 9.17) is 4.74 Å². The molecule has 3 nitrogen and oxygen atoms in total. The fourth-order valence-corrected chi connectivity index (χ4v) is 2.58. The van der Waals surface area contributed by atoms with Crippen LogP contribution in [0.25, 0.3) is 22.0 Å². The number of hydrogen-bond acceptors (Lipinski definition) is 4. The maximum atomic E-state index is 5.15. The highest BCUT2D eigenvalue weighted by Crippen LogP contribution is 2.28. The molecule has 0 radical (unpaired) electrons. The van der Waals surface area contributed by atoms with Crippen molar-refractivity contribution in [1.82, 2.24) is 9.97 Å². The minimum absolute atomic E-state index is 0.851. The van der Waals surface area contributed by atoms with E-state index in [0.717, 1.165) is 27.7 Å². The molecule has 4 heteroatoms. The molecule has 0 spiro atoms. The SMILES string of the molecule is COc1ccc(-c2csc(-c3ccccn3)n2)cc1. The zero-order valence-electron chi connectivity index (χ0n) is 10.4. The molecule has 0 saturated carbocycles. The maximum absolute atomic E-state index is 5.15. The van der Waals surface area contributed by atoms with Gasteiger partial charge in [0.2, 0.25) is 0 Å². The van der Waals surface area contributed by atoms with Crippen molar-refractivity contribution < 1.29 is 4.74 Å². The molecule has 0 saturated heterocycles. The Kier molecular flexibility index (Phi) is 3.25. The van der Waals surface area contributed by atoms with Crippen LogP contribution in [0.5, 0.6) is 5.75 Å². The monoisotopic (exact) mass is 268 g/mol. The van der Waals surface area contributed by atoms with Gasteiger partial charge in [0.15, 0.2) is 0 Å². The van der Waals surface area contributed by atoms with Crippen LogP contribution in [0.1, 0.15) is 0 Å². The van der Waals surface area contributed by atoms with E-state index in [1.807, 2.05) is 47.8 Å². The van der Waals surface area contributed by atoms with Crippen LogP contribution in [0.2, 0.25) is 0 Å². The van der Waals surface area contributed by atoms with Crippen LogP contribution < -0.4 is 4.74 Å².